The predicted octanol–water partition coefficient (Wildman–Crippen LogP) is 3.22. The molecule has 0 aliphatic carbocycles. The highest BCUT2D eigenvalue weighted by atomic mass is 16.5. The molecule has 0 unspecified atom stereocenters. The Balaban J connectivity index is 1.50. The van der Waals surface area contributed by atoms with Crippen LogP contribution in [0.4, 0.5) is 0 Å². The van der Waals surface area contributed by atoms with Crippen molar-refractivity contribution in [1.29, 1.82) is 0 Å². The molecular weight excluding hydrogens is 676 g/mol. The SMILES string of the molecule is CC[C@H](NC(=O)[C@@H]1C[C@@H](OCc2ccccc2)CN1C(=O)[C@@H](NC(=O)[C@@H](NC(=O)c1cnccn1)C(C)C)C(C)C)C(=O)C(=O)CCc1ccccc1. The molecule has 53 heavy (non-hydrogen) atoms. The molecule has 3 aromatic rings. The third-order valence-electron chi connectivity index (χ3n) is 9.24. The van der Waals surface area contributed by atoms with Crippen LogP contribution in [0, 0.1) is 11.8 Å². The van der Waals surface area contributed by atoms with E-state index in [2.05, 4.69) is 25.9 Å². The van der Waals surface area contributed by atoms with Gasteiger partial charge in [0.05, 0.1) is 24.9 Å². The van der Waals surface area contributed by atoms with Crippen LogP contribution in [0.2, 0.25) is 0 Å². The van der Waals surface area contributed by atoms with Crippen LogP contribution < -0.4 is 16.0 Å². The quantitative estimate of drug-likeness (QED) is 0.166. The van der Waals surface area contributed by atoms with Crippen molar-refractivity contribution in [2.75, 3.05) is 6.54 Å². The Hall–Kier alpha value is -5.30. The fraction of sp³-hybridized carbons (Fsp3) is 0.450. The number of ether oxygens (including phenoxy) is 1. The lowest BCUT2D eigenvalue weighted by Crippen LogP contribution is -2.59. The molecule has 1 aliphatic heterocycles. The monoisotopic (exact) mass is 726 g/mol. The summed E-state index contributed by atoms with van der Waals surface area (Å²) in [6.45, 7) is 9.08. The number of amides is 4. The normalized spacial score (nSPS) is 17.2. The van der Waals surface area contributed by atoms with Crippen LogP contribution in [-0.4, -0.2) is 86.9 Å². The molecule has 1 aromatic heterocycles. The number of rotatable bonds is 18. The maximum Gasteiger partial charge on any atom is 0.272 e. The summed E-state index contributed by atoms with van der Waals surface area (Å²) in [6.07, 6.45) is 4.27. The minimum atomic E-state index is -1.07. The van der Waals surface area contributed by atoms with Gasteiger partial charge in [-0.3, -0.25) is 33.8 Å². The first-order valence-electron chi connectivity index (χ1n) is 18.1. The van der Waals surface area contributed by atoms with Gasteiger partial charge in [0.25, 0.3) is 5.91 Å². The Bertz CT molecular complexity index is 1700. The smallest absolute Gasteiger partial charge is 0.272 e. The Morgan fingerprint density at radius 3 is 2.06 bits per heavy atom. The molecule has 0 radical (unpaired) electrons. The lowest BCUT2D eigenvalue weighted by molar-refractivity contribution is -0.144. The van der Waals surface area contributed by atoms with Gasteiger partial charge < -0.3 is 25.6 Å². The Labute approximate surface area is 310 Å². The molecule has 0 bridgehead atoms. The van der Waals surface area contributed by atoms with Gasteiger partial charge in [-0.25, -0.2) is 4.98 Å². The van der Waals surface area contributed by atoms with E-state index < -0.39 is 71.4 Å². The van der Waals surface area contributed by atoms with Crippen LogP contribution in [0.3, 0.4) is 0 Å². The van der Waals surface area contributed by atoms with Crippen molar-refractivity contribution in [1.82, 2.24) is 30.8 Å². The first-order chi connectivity index (χ1) is 25.4. The molecule has 0 saturated carbocycles. The third kappa shape index (κ3) is 11.3. The second kappa shape index (κ2) is 19.5. The number of Topliss-reactive ketones (excluding diaryl/α,β-unsaturated/α-hetero) is 2. The summed E-state index contributed by atoms with van der Waals surface area (Å²) in [6, 6.07) is 14.7. The summed E-state index contributed by atoms with van der Waals surface area (Å²) in [7, 11) is 0. The lowest BCUT2D eigenvalue weighted by Gasteiger charge is -2.32. The van der Waals surface area contributed by atoms with E-state index in [-0.39, 0.29) is 44.0 Å². The van der Waals surface area contributed by atoms with E-state index in [1.165, 1.54) is 23.5 Å². The molecule has 5 atom stereocenters. The maximum absolute atomic E-state index is 14.4. The first-order valence-corrected chi connectivity index (χ1v) is 18.1. The predicted molar refractivity (Wildman–Crippen MR) is 197 cm³/mol. The summed E-state index contributed by atoms with van der Waals surface area (Å²) in [5.74, 6) is -4.31. The van der Waals surface area contributed by atoms with Crippen molar-refractivity contribution < 1.29 is 33.5 Å². The van der Waals surface area contributed by atoms with Gasteiger partial charge in [-0.1, -0.05) is 95.3 Å². The number of nitrogens with zero attached hydrogens (tertiary/aromatic N) is 3. The minimum Gasteiger partial charge on any atom is -0.372 e. The van der Waals surface area contributed by atoms with Crippen molar-refractivity contribution in [3.05, 3.63) is 96.1 Å². The van der Waals surface area contributed by atoms with E-state index in [1.54, 1.807) is 34.6 Å². The van der Waals surface area contributed by atoms with Crippen LogP contribution in [0.5, 0.6) is 0 Å². The minimum absolute atomic E-state index is 0.00496. The Kier molecular flexibility index (Phi) is 14.9. The summed E-state index contributed by atoms with van der Waals surface area (Å²) in [4.78, 5) is 90.3. The standard InChI is InChI=1S/C40H50N6O7/c1-6-30(36(48)33(47)18-17-27-13-9-7-10-14-27)43-38(50)32-21-29(53-24-28-15-11-8-12-16-28)23-46(32)40(52)35(26(4)5)45-39(51)34(25(2)3)44-37(49)31-22-41-19-20-42-31/h7-16,19-20,22,25-26,29-30,32,34-35H,6,17-18,21,23-24H2,1-5H3,(H,43,50)(H,44,49)(H,45,51)/t29-,30+,32+,34+,35+/m1/s1. The highest BCUT2D eigenvalue weighted by Crippen LogP contribution is 2.25. The van der Waals surface area contributed by atoms with Gasteiger partial charge in [-0.05, 0) is 35.8 Å². The molecule has 13 nitrogen and oxygen atoms in total. The zero-order chi connectivity index (χ0) is 38.5. The van der Waals surface area contributed by atoms with Crippen molar-refractivity contribution in [2.45, 2.75) is 97.2 Å². The average Bonchev–Trinajstić information content (AvgIpc) is 3.61. The molecule has 2 aromatic carbocycles. The zero-order valence-electron chi connectivity index (χ0n) is 31.0. The number of aryl methyl sites for hydroxylation is 1. The molecule has 282 valence electrons. The van der Waals surface area contributed by atoms with Gasteiger partial charge in [0.1, 0.15) is 23.8 Å². The second-order valence-electron chi connectivity index (χ2n) is 13.9. The van der Waals surface area contributed by atoms with Gasteiger partial charge in [0.2, 0.25) is 29.3 Å². The topological polar surface area (TPSA) is 177 Å². The fourth-order valence-electron chi connectivity index (χ4n) is 6.14. The molecule has 4 rings (SSSR count). The number of carbonyl (C=O) groups excluding carboxylic acids is 6. The van der Waals surface area contributed by atoms with E-state index >= 15 is 0 Å². The summed E-state index contributed by atoms with van der Waals surface area (Å²) >= 11 is 0. The molecule has 1 aliphatic rings. The molecule has 3 N–H and O–H groups in total. The number of carbonyl (C=O) groups is 6. The molecule has 13 heteroatoms. The van der Waals surface area contributed by atoms with E-state index in [9.17, 15) is 28.8 Å². The molecule has 0 spiro atoms. The zero-order valence-corrected chi connectivity index (χ0v) is 31.0. The van der Waals surface area contributed by atoms with Gasteiger partial charge in [0.15, 0.2) is 0 Å². The summed E-state index contributed by atoms with van der Waals surface area (Å²) in [5.41, 5.74) is 1.88. The van der Waals surface area contributed by atoms with Crippen molar-refractivity contribution in [3.8, 4) is 0 Å². The number of benzene rings is 2. The van der Waals surface area contributed by atoms with Gasteiger partial charge in [-0.2, -0.15) is 0 Å². The molecule has 2 heterocycles. The van der Waals surface area contributed by atoms with E-state index in [0.29, 0.717) is 6.42 Å². The molecular formula is C40H50N6O7. The van der Waals surface area contributed by atoms with Crippen LogP contribution in [0.15, 0.2) is 79.3 Å². The maximum atomic E-state index is 14.4. The van der Waals surface area contributed by atoms with Crippen molar-refractivity contribution >= 4 is 35.2 Å². The Morgan fingerprint density at radius 1 is 0.830 bits per heavy atom. The lowest BCUT2D eigenvalue weighted by atomic mass is 9.98. The van der Waals surface area contributed by atoms with Crippen molar-refractivity contribution in [3.63, 3.8) is 0 Å². The number of aromatic nitrogens is 2. The number of nitrogens with one attached hydrogen (secondary N) is 3. The highest BCUT2D eigenvalue weighted by molar-refractivity contribution is 6.39. The van der Waals surface area contributed by atoms with Crippen LogP contribution in [0.25, 0.3) is 0 Å². The van der Waals surface area contributed by atoms with Crippen LogP contribution in [0.1, 0.15) is 75.5 Å². The van der Waals surface area contributed by atoms with Gasteiger partial charge >= 0.3 is 0 Å². The number of ketones is 2. The Morgan fingerprint density at radius 2 is 1.47 bits per heavy atom. The largest absolute Gasteiger partial charge is 0.372 e. The first kappa shape index (κ1) is 40.5. The van der Waals surface area contributed by atoms with Crippen LogP contribution >= 0.6 is 0 Å². The number of hydrogen-bond acceptors (Lipinski definition) is 9. The average molecular weight is 727 g/mol. The fourth-order valence-corrected chi connectivity index (χ4v) is 6.14. The summed E-state index contributed by atoms with van der Waals surface area (Å²) < 4.78 is 6.18. The molecule has 1 saturated heterocycles. The van der Waals surface area contributed by atoms with Crippen molar-refractivity contribution in [2.24, 2.45) is 11.8 Å². The molecule has 4 amide bonds. The van der Waals surface area contributed by atoms with Gasteiger partial charge in [0, 0.05) is 31.8 Å². The number of likely N-dealkylation sites (tertiary alicyclic amines) is 1. The highest BCUT2D eigenvalue weighted by Gasteiger charge is 2.44. The van der Waals surface area contributed by atoms with E-state index in [1.807, 2.05) is 60.7 Å². The van der Waals surface area contributed by atoms with Gasteiger partial charge in [-0.15, -0.1) is 0 Å². The second-order valence-corrected chi connectivity index (χ2v) is 13.9. The summed E-state index contributed by atoms with van der Waals surface area (Å²) in [5, 5.41) is 8.26. The van der Waals surface area contributed by atoms with Crippen LogP contribution in [-0.2, 0) is 41.7 Å². The molecule has 1 fully saturated rings. The third-order valence-corrected chi connectivity index (χ3v) is 9.24. The van der Waals surface area contributed by atoms with E-state index in [0.717, 1.165) is 11.1 Å². The van der Waals surface area contributed by atoms with E-state index in [4.69, 9.17) is 4.74 Å². The number of hydrogen-bond donors (Lipinski definition) is 3.